The molecule has 0 fully saturated rings. The van der Waals surface area contributed by atoms with Crippen molar-refractivity contribution in [3.8, 4) is 0 Å². The smallest absolute Gasteiger partial charge is 0.272 e. The van der Waals surface area contributed by atoms with Crippen LogP contribution in [0, 0.1) is 5.92 Å². The van der Waals surface area contributed by atoms with E-state index < -0.39 is 0 Å². The van der Waals surface area contributed by atoms with Gasteiger partial charge >= 0.3 is 0 Å². The van der Waals surface area contributed by atoms with Crippen molar-refractivity contribution in [2.45, 2.75) is 46.7 Å². The Morgan fingerprint density at radius 2 is 2.11 bits per heavy atom. The summed E-state index contributed by atoms with van der Waals surface area (Å²) in [7, 11) is 0. The molecule has 1 heterocycles. The van der Waals surface area contributed by atoms with E-state index in [-0.39, 0.29) is 18.0 Å². The van der Waals surface area contributed by atoms with Crippen molar-refractivity contribution >= 4 is 5.91 Å². The molecule has 0 aliphatic carbocycles. The highest BCUT2D eigenvalue weighted by molar-refractivity contribution is 5.92. The van der Waals surface area contributed by atoms with E-state index in [2.05, 4.69) is 24.3 Å². The van der Waals surface area contributed by atoms with Crippen LogP contribution in [0.3, 0.4) is 0 Å². The van der Waals surface area contributed by atoms with Gasteiger partial charge in [-0.3, -0.25) is 9.48 Å². The third-order valence-electron chi connectivity index (χ3n) is 2.99. The van der Waals surface area contributed by atoms with E-state index in [4.69, 9.17) is 4.74 Å². The zero-order chi connectivity index (χ0) is 14.4. The molecule has 1 amide bonds. The Morgan fingerprint density at radius 3 is 2.58 bits per heavy atom. The lowest BCUT2D eigenvalue weighted by molar-refractivity contribution is 0.0801. The van der Waals surface area contributed by atoms with Crippen LogP contribution in [0.2, 0.25) is 0 Å². The van der Waals surface area contributed by atoms with Crippen molar-refractivity contribution in [3.05, 3.63) is 18.0 Å². The minimum Gasteiger partial charge on any atom is -0.380 e. The summed E-state index contributed by atoms with van der Waals surface area (Å²) in [6, 6.07) is 2.01. The predicted octanol–water partition coefficient (Wildman–Crippen LogP) is 2.25. The first-order valence-electron chi connectivity index (χ1n) is 6.89. The number of carbonyl (C=O) groups is 1. The van der Waals surface area contributed by atoms with Crippen molar-refractivity contribution in [2.24, 2.45) is 5.92 Å². The van der Waals surface area contributed by atoms with Gasteiger partial charge in [-0.15, -0.1) is 0 Å². The number of hydrogen-bond acceptors (Lipinski definition) is 3. The lowest BCUT2D eigenvalue weighted by Crippen LogP contribution is -2.42. The van der Waals surface area contributed by atoms with Gasteiger partial charge in [0.1, 0.15) is 5.69 Å². The fourth-order valence-electron chi connectivity index (χ4n) is 1.63. The van der Waals surface area contributed by atoms with Gasteiger partial charge in [0.05, 0.1) is 12.6 Å². The standard InChI is InChI=1S/C14H25N3O2/c1-6-19-9-13(10(2)3)15-14(18)12-7-8-17(16-12)11(4)5/h7-8,10-11,13H,6,9H2,1-5H3,(H,15,18). The summed E-state index contributed by atoms with van der Waals surface area (Å²) < 4.78 is 7.18. The molecular formula is C14H25N3O2. The van der Waals surface area contributed by atoms with Gasteiger partial charge in [-0.05, 0) is 32.8 Å². The highest BCUT2D eigenvalue weighted by atomic mass is 16.5. The van der Waals surface area contributed by atoms with Crippen LogP contribution in [0.25, 0.3) is 0 Å². The minimum atomic E-state index is -0.141. The number of amides is 1. The number of aromatic nitrogens is 2. The van der Waals surface area contributed by atoms with Gasteiger partial charge in [0, 0.05) is 18.8 Å². The molecule has 5 nitrogen and oxygen atoms in total. The van der Waals surface area contributed by atoms with Crippen LogP contribution in [-0.2, 0) is 4.74 Å². The zero-order valence-corrected chi connectivity index (χ0v) is 12.5. The third kappa shape index (κ3) is 4.67. The number of nitrogens with one attached hydrogen (secondary N) is 1. The molecule has 0 bridgehead atoms. The van der Waals surface area contributed by atoms with Crippen molar-refractivity contribution in [3.63, 3.8) is 0 Å². The van der Waals surface area contributed by atoms with Gasteiger partial charge in [0.25, 0.3) is 5.91 Å². The number of hydrogen-bond donors (Lipinski definition) is 1. The Hall–Kier alpha value is -1.36. The molecule has 0 aromatic carbocycles. The number of nitrogens with zero attached hydrogens (tertiary/aromatic N) is 2. The quantitative estimate of drug-likeness (QED) is 0.824. The SMILES string of the molecule is CCOCC(NC(=O)c1ccn(C(C)C)n1)C(C)C. The largest absolute Gasteiger partial charge is 0.380 e. The van der Waals surface area contributed by atoms with E-state index in [9.17, 15) is 4.79 Å². The molecule has 0 spiro atoms. The van der Waals surface area contributed by atoms with Gasteiger partial charge in [-0.1, -0.05) is 13.8 Å². The molecule has 0 aliphatic rings. The topological polar surface area (TPSA) is 56.1 Å². The summed E-state index contributed by atoms with van der Waals surface area (Å²) >= 11 is 0. The normalized spacial score (nSPS) is 13.0. The number of carbonyl (C=O) groups excluding carboxylic acids is 1. The Labute approximate surface area is 115 Å². The fourth-order valence-corrected chi connectivity index (χ4v) is 1.63. The van der Waals surface area contributed by atoms with Crippen molar-refractivity contribution in [1.82, 2.24) is 15.1 Å². The van der Waals surface area contributed by atoms with Crippen LogP contribution in [-0.4, -0.2) is 34.9 Å². The summed E-state index contributed by atoms with van der Waals surface area (Å²) in [5.74, 6) is 0.181. The Kier molecular flexibility index (Phi) is 6.02. The van der Waals surface area contributed by atoms with E-state index in [1.54, 1.807) is 10.7 Å². The fraction of sp³-hybridized carbons (Fsp3) is 0.714. The highest BCUT2D eigenvalue weighted by Gasteiger charge is 2.19. The lowest BCUT2D eigenvalue weighted by atomic mass is 10.1. The van der Waals surface area contributed by atoms with Gasteiger partial charge in [-0.25, -0.2) is 0 Å². The Morgan fingerprint density at radius 1 is 1.42 bits per heavy atom. The summed E-state index contributed by atoms with van der Waals surface area (Å²) in [6.45, 7) is 11.3. The molecular weight excluding hydrogens is 242 g/mol. The molecule has 1 rings (SSSR count). The zero-order valence-electron chi connectivity index (χ0n) is 12.5. The van der Waals surface area contributed by atoms with Crippen LogP contribution in [0.1, 0.15) is 51.1 Å². The van der Waals surface area contributed by atoms with E-state index in [1.165, 1.54) is 0 Å². The Bertz CT molecular complexity index is 399. The first-order valence-corrected chi connectivity index (χ1v) is 6.89. The molecule has 0 radical (unpaired) electrons. The summed E-state index contributed by atoms with van der Waals surface area (Å²) in [6.07, 6.45) is 1.83. The average molecular weight is 267 g/mol. The molecule has 1 atom stereocenters. The molecule has 1 aromatic rings. The molecule has 0 saturated carbocycles. The molecule has 1 N–H and O–H groups in total. The second-order valence-electron chi connectivity index (χ2n) is 5.26. The van der Waals surface area contributed by atoms with Gasteiger partial charge < -0.3 is 10.1 Å². The van der Waals surface area contributed by atoms with Crippen molar-refractivity contribution < 1.29 is 9.53 Å². The number of rotatable bonds is 7. The average Bonchev–Trinajstić information content (AvgIpc) is 2.83. The Balaban J connectivity index is 2.64. The molecule has 0 aliphatic heterocycles. The first kappa shape index (κ1) is 15.7. The summed E-state index contributed by atoms with van der Waals surface area (Å²) in [4.78, 5) is 12.1. The van der Waals surface area contributed by atoms with Crippen LogP contribution in [0.15, 0.2) is 12.3 Å². The van der Waals surface area contributed by atoms with Crippen molar-refractivity contribution in [2.75, 3.05) is 13.2 Å². The lowest BCUT2D eigenvalue weighted by Gasteiger charge is -2.21. The molecule has 0 saturated heterocycles. The van der Waals surface area contributed by atoms with Gasteiger partial charge in [-0.2, -0.15) is 5.10 Å². The summed E-state index contributed by atoms with van der Waals surface area (Å²) in [5, 5.41) is 7.25. The highest BCUT2D eigenvalue weighted by Crippen LogP contribution is 2.07. The first-order chi connectivity index (χ1) is 8.95. The van der Waals surface area contributed by atoms with Crippen LogP contribution < -0.4 is 5.32 Å². The molecule has 1 unspecified atom stereocenters. The predicted molar refractivity (Wildman–Crippen MR) is 75.2 cm³/mol. The van der Waals surface area contributed by atoms with E-state index in [0.29, 0.717) is 24.8 Å². The molecule has 1 aromatic heterocycles. The monoisotopic (exact) mass is 267 g/mol. The molecule has 5 heteroatoms. The second kappa shape index (κ2) is 7.28. The van der Waals surface area contributed by atoms with Crippen LogP contribution >= 0.6 is 0 Å². The third-order valence-corrected chi connectivity index (χ3v) is 2.99. The van der Waals surface area contributed by atoms with Crippen LogP contribution in [0.5, 0.6) is 0 Å². The van der Waals surface area contributed by atoms with Crippen molar-refractivity contribution in [1.29, 1.82) is 0 Å². The van der Waals surface area contributed by atoms with E-state index >= 15 is 0 Å². The maximum Gasteiger partial charge on any atom is 0.272 e. The van der Waals surface area contributed by atoms with E-state index in [1.807, 2.05) is 27.0 Å². The second-order valence-corrected chi connectivity index (χ2v) is 5.26. The molecule has 108 valence electrons. The van der Waals surface area contributed by atoms with Gasteiger partial charge in [0.15, 0.2) is 0 Å². The maximum absolute atomic E-state index is 12.1. The number of ether oxygens (including phenoxy) is 1. The van der Waals surface area contributed by atoms with E-state index in [0.717, 1.165) is 0 Å². The summed E-state index contributed by atoms with van der Waals surface area (Å²) in [5.41, 5.74) is 0.454. The molecule has 19 heavy (non-hydrogen) atoms. The minimum absolute atomic E-state index is 0.0108. The van der Waals surface area contributed by atoms with Gasteiger partial charge in [0.2, 0.25) is 0 Å². The van der Waals surface area contributed by atoms with Crippen LogP contribution in [0.4, 0.5) is 0 Å². The maximum atomic E-state index is 12.1.